The number of hydrogen-bond donors (Lipinski definition) is 1. The zero-order valence-electron chi connectivity index (χ0n) is 17.8. The molecule has 1 N–H and O–H groups in total. The minimum absolute atomic E-state index is 0.192. The van der Waals surface area contributed by atoms with E-state index in [2.05, 4.69) is 15.2 Å². The van der Waals surface area contributed by atoms with Gasteiger partial charge in [0, 0.05) is 16.6 Å². The summed E-state index contributed by atoms with van der Waals surface area (Å²) in [5.74, 6) is 2.43. The third-order valence-corrected chi connectivity index (χ3v) is 7.23. The Labute approximate surface area is 201 Å². The van der Waals surface area contributed by atoms with E-state index in [1.165, 1.54) is 23.1 Å². The summed E-state index contributed by atoms with van der Waals surface area (Å²) in [5, 5.41) is 11.7. The average Bonchev–Trinajstić information content (AvgIpc) is 3.66. The van der Waals surface area contributed by atoms with Crippen LogP contribution in [0.2, 0.25) is 0 Å². The van der Waals surface area contributed by atoms with Crippen molar-refractivity contribution in [1.29, 1.82) is 0 Å². The van der Waals surface area contributed by atoms with Crippen molar-refractivity contribution < 1.29 is 8.83 Å². The van der Waals surface area contributed by atoms with Crippen LogP contribution in [0.4, 0.5) is 0 Å². The van der Waals surface area contributed by atoms with Crippen LogP contribution < -0.4 is 5.56 Å². The molecule has 6 aromatic rings. The first-order valence-corrected chi connectivity index (χ1v) is 12.2. The molecule has 1 atom stereocenters. The number of aromatic amines is 1. The predicted octanol–water partition coefficient (Wildman–Crippen LogP) is 5.94. The maximum atomic E-state index is 13.0. The van der Waals surface area contributed by atoms with Gasteiger partial charge in [-0.2, -0.15) is 0 Å². The number of nitrogens with one attached hydrogen (secondary N) is 1. The SMILES string of the molecule is CC(Sc1nnc(-c2ccco2)n1-c1ccccc1)c1nc2scc(-c3ccco3)c2c(=O)[nH]1. The summed E-state index contributed by atoms with van der Waals surface area (Å²) in [5.41, 5.74) is 1.46. The zero-order chi connectivity index (χ0) is 23.1. The molecule has 0 aliphatic carbocycles. The highest BCUT2D eigenvalue weighted by molar-refractivity contribution is 7.99. The van der Waals surface area contributed by atoms with Crippen molar-refractivity contribution in [2.24, 2.45) is 0 Å². The maximum Gasteiger partial charge on any atom is 0.260 e. The summed E-state index contributed by atoms with van der Waals surface area (Å²) in [6.07, 6.45) is 3.20. The molecule has 0 aliphatic heterocycles. The predicted molar refractivity (Wildman–Crippen MR) is 131 cm³/mol. The maximum absolute atomic E-state index is 13.0. The number of rotatable bonds is 6. The molecule has 168 valence electrons. The number of fused-ring (bicyclic) bond motifs is 1. The average molecular weight is 488 g/mol. The van der Waals surface area contributed by atoms with Crippen LogP contribution in [-0.4, -0.2) is 24.7 Å². The summed E-state index contributed by atoms with van der Waals surface area (Å²) in [7, 11) is 0. The lowest BCUT2D eigenvalue weighted by molar-refractivity contribution is 0.575. The molecule has 0 bridgehead atoms. The highest BCUT2D eigenvalue weighted by atomic mass is 32.2. The van der Waals surface area contributed by atoms with Crippen molar-refractivity contribution in [3.63, 3.8) is 0 Å². The van der Waals surface area contributed by atoms with E-state index < -0.39 is 0 Å². The Kier molecular flexibility index (Phi) is 5.16. The van der Waals surface area contributed by atoms with Crippen LogP contribution in [-0.2, 0) is 0 Å². The lowest BCUT2D eigenvalue weighted by Gasteiger charge is -2.13. The van der Waals surface area contributed by atoms with Gasteiger partial charge in [-0.3, -0.25) is 9.36 Å². The number of H-pyrrole nitrogens is 1. The van der Waals surface area contributed by atoms with Crippen molar-refractivity contribution in [2.45, 2.75) is 17.3 Å². The lowest BCUT2D eigenvalue weighted by Crippen LogP contribution is -2.12. The fourth-order valence-electron chi connectivity index (χ4n) is 3.71. The highest BCUT2D eigenvalue weighted by Crippen LogP contribution is 2.37. The smallest absolute Gasteiger partial charge is 0.260 e. The van der Waals surface area contributed by atoms with Gasteiger partial charge in [-0.15, -0.1) is 21.5 Å². The first-order chi connectivity index (χ1) is 16.7. The molecule has 0 spiro atoms. The van der Waals surface area contributed by atoms with E-state index in [9.17, 15) is 4.79 Å². The second-order valence-electron chi connectivity index (χ2n) is 7.47. The van der Waals surface area contributed by atoms with Gasteiger partial charge in [0.1, 0.15) is 16.4 Å². The van der Waals surface area contributed by atoms with Gasteiger partial charge in [-0.25, -0.2) is 4.98 Å². The third kappa shape index (κ3) is 3.57. The summed E-state index contributed by atoms with van der Waals surface area (Å²) in [6.45, 7) is 1.98. The topological polar surface area (TPSA) is 103 Å². The minimum atomic E-state index is -0.194. The standard InChI is InChI=1S/C24H17N5O3S2/c1-14(20-25-22(30)19-16(13-33-23(19)26-20)17-9-5-11-31-17)34-24-28-27-21(18-10-6-12-32-18)29(24)15-7-3-2-4-8-15/h2-14H,1H3,(H,25,26,30). The summed E-state index contributed by atoms with van der Waals surface area (Å²) in [6, 6.07) is 17.1. The fraction of sp³-hybridized carbons (Fsp3) is 0.0833. The first-order valence-electron chi connectivity index (χ1n) is 10.5. The monoisotopic (exact) mass is 487 g/mol. The van der Waals surface area contributed by atoms with Gasteiger partial charge in [0.25, 0.3) is 5.56 Å². The first kappa shape index (κ1) is 20.7. The molecule has 6 rings (SSSR count). The van der Waals surface area contributed by atoms with Crippen LogP contribution in [0.3, 0.4) is 0 Å². The molecule has 1 aromatic carbocycles. The van der Waals surface area contributed by atoms with E-state index in [4.69, 9.17) is 13.8 Å². The van der Waals surface area contributed by atoms with Crippen LogP contribution >= 0.6 is 23.1 Å². The second kappa shape index (κ2) is 8.47. The van der Waals surface area contributed by atoms with Crippen molar-refractivity contribution in [3.8, 4) is 28.6 Å². The molecule has 5 heterocycles. The second-order valence-corrected chi connectivity index (χ2v) is 9.64. The molecule has 0 fully saturated rings. The summed E-state index contributed by atoms with van der Waals surface area (Å²) >= 11 is 2.88. The van der Waals surface area contributed by atoms with E-state index in [0.717, 1.165) is 11.3 Å². The molecular formula is C24H17N5O3S2. The molecule has 8 nitrogen and oxygen atoms in total. The quantitative estimate of drug-likeness (QED) is 0.290. The molecule has 34 heavy (non-hydrogen) atoms. The van der Waals surface area contributed by atoms with Gasteiger partial charge in [-0.05, 0) is 43.3 Å². The normalized spacial score (nSPS) is 12.4. The molecule has 5 aromatic heterocycles. The van der Waals surface area contributed by atoms with Crippen molar-refractivity contribution >= 4 is 33.3 Å². The molecule has 0 amide bonds. The number of furan rings is 2. The Morgan fingerprint density at radius 2 is 1.76 bits per heavy atom. The van der Waals surface area contributed by atoms with E-state index in [0.29, 0.717) is 38.5 Å². The largest absolute Gasteiger partial charge is 0.464 e. The molecule has 10 heteroatoms. The number of thiophene rings is 1. The van der Waals surface area contributed by atoms with Crippen molar-refractivity contribution in [2.75, 3.05) is 0 Å². The Morgan fingerprint density at radius 3 is 2.50 bits per heavy atom. The molecule has 1 unspecified atom stereocenters. The van der Waals surface area contributed by atoms with Crippen LogP contribution in [0.5, 0.6) is 0 Å². The van der Waals surface area contributed by atoms with Gasteiger partial charge in [0.2, 0.25) is 5.82 Å². The van der Waals surface area contributed by atoms with Gasteiger partial charge in [0.05, 0.1) is 23.2 Å². The summed E-state index contributed by atoms with van der Waals surface area (Å²) < 4.78 is 13.0. The van der Waals surface area contributed by atoms with Crippen molar-refractivity contribution in [1.82, 2.24) is 24.7 Å². The molecule has 0 saturated heterocycles. The Hall–Kier alpha value is -3.89. The molecule has 0 aliphatic rings. The minimum Gasteiger partial charge on any atom is -0.464 e. The molecular weight excluding hydrogens is 470 g/mol. The third-order valence-electron chi connectivity index (χ3n) is 5.31. The van der Waals surface area contributed by atoms with Crippen LogP contribution in [0.25, 0.3) is 38.8 Å². The van der Waals surface area contributed by atoms with Gasteiger partial charge < -0.3 is 13.8 Å². The highest BCUT2D eigenvalue weighted by Gasteiger charge is 2.23. The number of benzene rings is 1. The Bertz CT molecular complexity index is 1620. The number of nitrogens with zero attached hydrogens (tertiary/aromatic N) is 4. The Balaban J connectivity index is 1.38. The van der Waals surface area contributed by atoms with Gasteiger partial charge in [0.15, 0.2) is 10.9 Å². The van der Waals surface area contributed by atoms with Gasteiger partial charge in [-0.1, -0.05) is 30.0 Å². The van der Waals surface area contributed by atoms with Crippen molar-refractivity contribution in [3.05, 3.63) is 88.7 Å². The van der Waals surface area contributed by atoms with E-state index in [1.807, 2.05) is 65.4 Å². The number of aromatic nitrogens is 5. The zero-order valence-corrected chi connectivity index (χ0v) is 19.5. The van der Waals surface area contributed by atoms with Gasteiger partial charge >= 0.3 is 0 Å². The number of para-hydroxylation sites is 1. The number of thioether (sulfide) groups is 1. The fourth-order valence-corrected chi connectivity index (χ4v) is 5.57. The van der Waals surface area contributed by atoms with E-state index in [-0.39, 0.29) is 10.8 Å². The summed E-state index contributed by atoms with van der Waals surface area (Å²) in [4.78, 5) is 21.4. The van der Waals surface area contributed by atoms with Crippen LogP contribution in [0, 0.1) is 0 Å². The molecule has 0 radical (unpaired) electrons. The lowest BCUT2D eigenvalue weighted by atomic mass is 10.2. The Morgan fingerprint density at radius 1 is 1.00 bits per heavy atom. The van der Waals surface area contributed by atoms with Crippen LogP contribution in [0.1, 0.15) is 18.0 Å². The number of hydrogen-bond acceptors (Lipinski definition) is 8. The van der Waals surface area contributed by atoms with E-state index >= 15 is 0 Å². The van der Waals surface area contributed by atoms with Crippen LogP contribution in [0.15, 0.2) is 91.3 Å². The van der Waals surface area contributed by atoms with E-state index in [1.54, 1.807) is 18.6 Å². The molecule has 0 saturated carbocycles.